The van der Waals surface area contributed by atoms with E-state index in [-0.39, 0.29) is 24.6 Å². The minimum atomic E-state index is -0.514. The molecule has 0 saturated carbocycles. The summed E-state index contributed by atoms with van der Waals surface area (Å²) in [6.45, 7) is 3.84. The second-order valence-corrected chi connectivity index (χ2v) is 4.88. The van der Waals surface area contributed by atoms with Crippen LogP contribution in [0.3, 0.4) is 0 Å². The highest BCUT2D eigenvalue weighted by molar-refractivity contribution is 14.1. The second kappa shape index (κ2) is 3.86. The molecule has 2 fully saturated rings. The minimum Gasteiger partial charge on any atom is -0.353 e. The molecule has 0 aromatic rings. The molecule has 0 radical (unpaired) electrons. The lowest BCUT2D eigenvalue weighted by Gasteiger charge is -2.22. The van der Waals surface area contributed by atoms with Crippen LogP contribution in [0.1, 0.15) is 13.8 Å². The lowest BCUT2D eigenvalue weighted by Crippen LogP contribution is -2.30. The Labute approximate surface area is 97.4 Å². The molecule has 2 rings (SSSR count). The molecule has 2 aliphatic rings. The first-order chi connectivity index (χ1) is 6.57. The van der Waals surface area contributed by atoms with Gasteiger partial charge in [-0.2, -0.15) is 0 Å². The summed E-state index contributed by atoms with van der Waals surface area (Å²) in [6.07, 6.45) is -0.296. The van der Waals surface area contributed by atoms with Crippen molar-refractivity contribution in [3.8, 4) is 0 Å². The molecular formula is C9H15IO4. The fourth-order valence-electron chi connectivity index (χ4n) is 1.96. The van der Waals surface area contributed by atoms with Crippen LogP contribution >= 0.6 is 22.6 Å². The second-order valence-electron chi connectivity index (χ2n) is 4.00. The highest BCUT2D eigenvalue weighted by atomic mass is 127. The molecular weight excluding hydrogens is 299 g/mol. The van der Waals surface area contributed by atoms with E-state index in [1.807, 2.05) is 13.8 Å². The molecule has 4 atom stereocenters. The molecule has 0 spiro atoms. The van der Waals surface area contributed by atoms with E-state index in [0.717, 1.165) is 4.43 Å². The summed E-state index contributed by atoms with van der Waals surface area (Å²) in [6, 6.07) is 0. The van der Waals surface area contributed by atoms with Crippen molar-refractivity contribution in [2.75, 3.05) is 11.5 Å². The summed E-state index contributed by atoms with van der Waals surface area (Å²) < 4.78 is 23.3. The number of halogens is 1. The Morgan fingerprint density at radius 1 is 1.29 bits per heavy atom. The van der Waals surface area contributed by atoms with Gasteiger partial charge in [0.2, 0.25) is 0 Å². The number of hydrogen-bond donors (Lipinski definition) is 0. The number of fused-ring (bicyclic) bond motifs is 1. The van der Waals surface area contributed by atoms with Crippen molar-refractivity contribution in [1.82, 2.24) is 0 Å². The van der Waals surface area contributed by atoms with Crippen LogP contribution in [0.2, 0.25) is 0 Å². The number of rotatable bonds is 2. The van der Waals surface area contributed by atoms with Crippen molar-refractivity contribution >= 4 is 22.6 Å². The molecule has 2 heterocycles. The van der Waals surface area contributed by atoms with Gasteiger partial charge in [-0.1, -0.05) is 22.6 Å². The van der Waals surface area contributed by atoms with Crippen LogP contribution in [0.4, 0.5) is 0 Å². The maximum absolute atomic E-state index is 5.78. The highest BCUT2D eigenvalue weighted by Crippen LogP contribution is 2.39. The lowest BCUT2D eigenvalue weighted by atomic mass is 10.2. The quantitative estimate of drug-likeness (QED) is 0.569. The van der Waals surface area contributed by atoms with Crippen molar-refractivity contribution in [2.45, 2.75) is 44.2 Å². The summed E-state index contributed by atoms with van der Waals surface area (Å²) in [4.78, 5) is 0. The smallest absolute Gasteiger partial charge is 0.186 e. The third kappa shape index (κ3) is 1.80. The average molecular weight is 314 g/mol. The Balaban J connectivity index is 2.12. The van der Waals surface area contributed by atoms with Crippen LogP contribution in [-0.4, -0.2) is 41.9 Å². The van der Waals surface area contributed by atoms with E-state index in [1.165, 1.54) is 0 Å². The Morgan fingerprint density at radius 3 is 2.50 bits per heavy atom. The van der Waals surface area contributed by atoms with Gasteiger partial charge in [-0.3, -0.25) is 0 Å². The zero-order chi connectivity index (χ0) is 10.3. The van der Waals surface area contributed by atoms with E-state index in [1.54, 1.807) is 7.11 Å². The highest BCUT2D eigenvalue weighted by Gasteiger charge is 2.55. The number of methoxy groups -OCH3 is 1. The van der Waals surface area contributed by atoms with Gasteiger partial charge in [-0.25, -0.2) is 0 Å². The Morgan fingerprint density at radius 2 is 1.93 bits per heavy atom. The van der Waals surface area contributed by atoms with Gasteiger partial charge in [0.25, 0.3) is 0 Å². The van der Waals surface area contributed by atoms with Crippen LogP contribution in [0.5, 0.6) is 0 Å². The topological polar surface area (TPSA) is 36.9 Å². The molecule has 14 heavy (non-hydrogen) atoms. The van der Waals surface area contributed by atoms with Crippen LogP contribution in [0, 0.1) is 0 Å². The predicted molar refractivity (Wildman–Crippen MR) is 58.4 cm³/mol. The Hall–Kier alpha value is 0.570. The van der Waals surface area contributed by atoms with Gasteiger partial charge in [0.15, 0.2) is 12.1 Å². The molecule has 0 bridgehead atoms. The van der Waals surface area contributed by atoms with Crippen molar-refractivity contribution in [1.29, 1.82) is 0 Å². The molecule has 0 aliphatic carbocycles. The van der Waals surface area contributed by atoms with E-state index in [9.17, 15) is 0 Å². The fraction of sp³-hybridized carbons (Fsp3) is 1.00. The summed E-state index contributed by atoms with van der Waals surface area (Å²) in [5, 5.41) is 0. The van der Waals surface area contributed by atoms with Gasteiger partial charge >= 0.3 is 0 Å². The van der Waals surface area contributed by atoms with Crippen LogP contribution < -0.4 is 0 Å². The van der Waals surface area contributed by atoms with Gasteiger partial charge in [0, 0.05) is 11.5 Å². The normalized spacial score (nSPS) is 45.4. The first-order valence-electron chi connectivity index (χ1n) is 4.67. The van der Waals surface area contributed by atoms with E-state index < -0.39 is 5.79 Å². The molecule has 0 N–H and O–H groups in total. The summed E-state index contributed by atoms with van der Waals surface area (Å²) >= 11 is 2.29. The number of alkyl halides is 1. The molecule has 4 nitrogen and oxygen atoms in total. The third-order valence-corrected chi connectivity index (χ3v) is 3.36. The van der Waals surface area contributed by atoms with Gasteiger partial charge in [-0.05, 0) is 13.8 Å². The van der Waals surface area contributed by atoms with Gasteiger partial charge in [0.05, 0.1) is 6.10 Å². The molecule has 2 aliphatic heterocycles. The molecule has 0 amide bonds. The summed E-state index contributed by atoms with van der Waals surface area (Å²) in [5.41, 5.74) is 0. The lowest BCUT2D eigenvalue weighted by molar-refractivity contribution is -0.223. The standard InChI is InChI=1S/C9H15IO4/c1-9(2)13-6-5(4-10)12-8(11-3)7(6)14-9/h5-8H,4H2,1-3H3. The molecule has 4 unspecified atom stereocenters. The van der Waals surface area contributed by atoms with Gasteiger partial charge in [-0.15, -0.1) is 0 Å². The number of ether oxygens (including phenoxy) is 4. The largest absolute Gasteiger partial charge is 0.353 e. The molecule has 0 aromatic carbocycles. The molecule has 5 heteroatoms. The monoisotopic (exact) mass is 314 g/mol. The average Bonchev–Trinajstić information content (AvgIpc) is 2.57. The molecule has 2 saturated heterocycles. The molecule has 82 valence electrons. The third-order valence-electron chi connectivity index (χ3n) is 2.49. The number of hydrogen-bond acceptors (Lipinski definition) is 4. The Kier molecular flexibility index (Phi) is 3.05. The first kappa shape index (κ1) is 11.1. The van der Waals surface area contributed by atoms with E-state index in [4.69, 9.17) is 18.9 Å². The minimum absolute atomic E-state index is 0.00634. The Bertz CT molecular complexity index is 201. The van der Waals surface area contributed by atoms with E-state index in [0.29, 0.717) is 0 Å². The van der Waals surface area contributed by atoms with Crippen molar-refractivity contribution in [3.63, 3.8) is 0 Å². The van der Waals surface area contributed by atoms with E-state index in [2.05, 4.69) is 22.6 Å². The van der Waals surface area contributed by atoms with Crippen molar-refractivity contribution < 1.29 is 18.9 Å². The molecule has 0 aromatic heterocycles. The van der Waals surface area contributed by atoms with E-state index >= 15 is 0 Å². The zero-order valence-corrected chi connectivity index (χ0v) is 10.7. The summed E-state index contributed by atoms with van der Waals surface area (Å²) in [7, 11) is 1.63. The van der Waals surface area contributed by atoms with Gasteiger partial charge in [0.1, 0.15) is 12.2 Å². The summed E-state index contributed by atoms with van der Waals surface area (Å²) in [5.74, 6) is -0.514. The first-order valence-corrected chi connectivity index (χ1v) is 6.20. The predicted octanol–water partition coefficient (Wildman–Crippen LogP) is 1.31. The maximum atomic E-state index is 5.78. The van der Waals surface area contributed by atoms with Crippen molar-refractivity contribution in [2.24, 2.45) is 0 Å². The van der Waals surface area contributed by atoms with Crippen LogP contribution in [0.25, 0.3) is 0 Å². The van der Waals surface area contributed by atoms with Gasteiger partial charge < -0.3 is 18.9 Å². The maximum Gasteiger partial charge on any atom is 0.186 e. The van der Waals surface area contributed by atoms with Crippen molar-refractivity contribution in [3.05, 3.63) is 0 Å². The SMILES string of the molecule is COC1OC(CI)C2OC(C)(C)OC12. The van der Waals surface area contributed by atoms with Crippen LogP contribution in [0.15, 0.2) is 0 Å². The zero-order valence-electron chi connectivity index (χ0n) is 8.53. The van der Waals surface area contributed by atoms with Crippen LogP contribution in [-0.2, 0) is 18.9 Å². The fourth-order valence-corrected chi connectivity index (χ4v) is 2.67.